The van der Waals surface area contributed by atoms with E-state index in [2.05, 4.69) is 0 Å². The SMILES string of the molecule is CC1=C(c2ccc(F)c(O)c2)COc2ccc(O)cc21. The molecule has 0 saturated heterocycles. The Morgan fingerprint density at radius 1 is 1.10 bits per heavy atom. The van der Waals surface area contributed by atoms with Crippen LogP contribution in [0.5, 0.6) is 17.2 Å². The minimum Gasteiger partial charge on any atom is -0.508 e. The second-order valence-electron chi connectivity index (χ2n) is 4.74. The fourth-order valence-electron chi connectivity index (χ4n) is 2.36. The van der Waals surface area contributed by atoms with Gasteiger partial charge in [0.25, 0.3) is 0 Å². The lowest BCUT2D eigenvalue weighted by Crippen LogP contribution is -2.09. The smallest absolute Gasteiger partial charge is 0.164 e. The van der Waals surface area contributed by atoms with Crippen LogP contribution in [-0.4, -0.2) is 16.8 Å². The number of phenolic OH excluding ortho intramolecular Hbond substituents is 2. The third kappa shape index (κ3) is 1.99. The lowest BCUT2D eigenvalue weighted by molar-refractivity contribution is 0.363. The average Bonchev–Trinajstić information content (AvgIpc) is 2.43. The Bertz CT molecular complexity index is 720. The molecule has 1 aliphatic rings. The zero-order valence-electron chi connectivity index (χ0n) is 10.9. The number of rotatable bonds is 1. The number of benzene rings is 2. The van der Waals surface area contributed by atoms with Crippen molar-refractivity contribution in [3.63, 3.8) is 0 Å². The lowest BCUT2D eigenvalue weighted by Gasteiger charge is -2.22. The van der Waals surface area contributed by atoms with Gasteiger partial charge in [0.2, 0.25) is 0 Å². The molecule has 0 aromatic heterocycles. The van der Waals surface area contributed by atoms with E-state index < -0.39 is 5.82 Å². The minimum absolute atomic E-state index is 0.162. The number of phenols is 2. The molecule has 102 valence electrons. The number of aromatic hydroxyl groups is 2. The van der Waals surface area contributed by atoms with Gasteiger partial charge in [-0.3, -0.25) is 0 Å². The predicted octanol–water partition coefficient (Wildman–Crippen LogP) is 3.56. The van der Waals surface area contributed by atoms with Crippen molar-refractivity contribution in [1.82, 2.24) is 0 Å². The van der Waals surface area contributed by atoms with Crippen LogP contribution in [0.2, 0.25) is 0 Å². The van der Waals surface area contributed by atoms with Gasteiger partial charge >= 0.3 is 0 Å². The molecule has 0 radical (unpaired) electrons. The molecule has 0 aliphatic carbocycles. The summed E-state index contributed by atoms with van der Waals surface area (Å²) in [5, 5.41) is 19.1. The summed E-state index contributed by atoms with van der Waals surface area (Å²) < 4.78 is 18.8. The lowest BCUT2D eigenvalue weighted by atomic mass is 9.93. The quantitative estimate of drug-likeness (QED) is 0.834. The highest BCUT2D eigenvalue weighted by atomic mass is 19.1. The highest BCUT2D eigenvalue weighted by Crippen LogP contribution is 2.39. The van der Waals surface area contributed by atoms with Crippen LogP contribution in [0, 0.1) is 5.82 Å². The number of ether oxygens (including phenoxy) is 1. The Morgan fingerprint density at radius 3 is 2.65 bits per heavy atom. The largest absolute Gasteiger partial charge is 0.508 e. The van der Waals surface area contributed by atoms with E-state index >= 15 is 0 Å². The molecular weight excluding hydrogens is 259 g/mol. The van der Waals surface area contributed by atoms with E-state index in [9.17, 15) is 14.6 Å². The van der Waals surface area contributed by atoms with E-state index in [1.165, 1.54) is 12.1 Å². The first-order chi connectivity index (χ1) is 9.56. The van der Waals surface area contributed by atoms with Crippen molar-refractivity contribution in [3.05, 3.63) is 53.3 Å². The summed E-state index contributed by atoms with van der Waals surface area (Å²) in [7, 11) is 0. The van der Waals surface area contributed by atoms with Gasteiger partial charge in [-0.1, -0.05) is 6.07 Å². The van der Waals surface area contributed by atoms with Gasteiger partial charge < -0.3 is 14.9 Å². The molecule has 2 N–H and O–H groups in total. The topological polar surface area (TPSA) is 49.7 Å². The fourth-order valence-corrected chi connectivity index (χ4v) is 2.36. The van der Waals surface area contributed by atoms with E-state index in [0.29, 0.717) is 17.9 Å². The second kappa shape index (κ2) is 4.56. The molecule has 0 unspecified atom stereocenters. The van der Waals surface area contributed by atoms with Gasteiger partial charge in [0, 0.05) is 11.1 Å². The van der Waals surface area contributed by atoms with E-state index in [4.69, 9.17) is 4.74 Å². The molecule has 0 bridgehead atoms. The van der Waals surface area contributed by atoms with Crippen molar-refractivity contribution >= 4 is 11.1 Å². The number of allylic oxidation sites excluding steroid dienone is 1. The summed E-state index contributed by atoms with van der Waals surface area (Å²) in [6.45, 7) is 2.26. The molecule has 0 spiro atoms. The third-order valence-electron chi connectivity index (χ3n) is 3.49. The Labute approximate surface area is 115 Å². The molecule has 4 heteroatoms. The summed E-state index contributed by atoms with van der Waals surface area (Å²) in [5.74, 6) is -0.170. The molecule has 0 saturated carbocycles. The van der Waals surface area contributed by atoms with Crippen molar-refractivity contribution in [2.75, 3.05) is 6.61 Å². The fraction of sp³-hybridized carbons (Fsp3) is 0.125. The maximum atomic E-state index is 13.1. The normalized spacial score (nSPS) is 13.9. The van der Waals surface area contributed by atoms with Crippen molar-refractivity contribution in [3.8, 4) is 17.2 Å². The van der Waals surface area contributed by atoms with Gasteiger partial charge in [0.05, 0.1) is 0 Å². The van der Waals surface area contributed by atoms with Gasteiger partial charge in [-0.2, -0.15) is 0 Å². The molecule has 1 heterocycles. The predicted molar refractivity (Wildman–Crippen MR) is 74.2 cm³/mol. The Hall–Kier alpha value is -2.49. The number of hydrogen-bond donors (Lipinski definition) is 2. The molecule has 1 aliphatic heterocycles. The van der Waals surface area contributed by atoms with Gasteiger partial charge in [0.15, 0.2) is 11.6 Å². The summed E-state index contributed by atoms with van der Waals surface area (Å²) in [6.07, 6.45) is 0. The Balaban J connectivity index is 2.14. The summed E-state index contributed by atoms with van der Waals surface area (Å²) in [6, 6.07) is 9.13. The summed E-state index contributed by atoms with van der Waals surface area (Å²) >= 11 is 0. The average molecular weight is 272 g/mol. The van der Waals surface area contributed by atoms with Crippen molar-refractivity contribution in [1.29, 1.82) is 0 Å². The summed E-state index contributed by atoms with van der Waals surface area (Å²) in [4.78, 5) is 0. The van der Waals surface area contributed by atoms with E-state index in [1.54, 1.807) is 24.3 Å². The molecule has 3 nitrogen and oxygen atoms in total. The monoisotopic (exact) mass is 272 g/mol. The Morgan fingerprint density at radius 2 is 1.90 bits per heavy atom. The first kappa shape index (κ1) is 12.5. The molecule has 0 amide bonds. The number of fused-ring (bicyclic) bond motifs is 1. The summed E-state index contributed by atoms with van der Waals surface area (Å²) in [5.41, 5.74) is 3.30. The molecular formula is C16H13FO3. The van der Waals surface area contributed by atoms with Gasteiger partial charge in [-0.25, -0.2) is 4.39 Å². The number of hydrogen-bond acceptors (Lipinski definition) is 3. The molecule has 20 heavy (non-hydrogen) atoms. The van der Waals surface area contributed by atoms with E-state index in [-0.39, 0.29) is 11.5 Å². The Kier molecular flexibility index (Phi) is 2.86. The van der Waals surface area contributed by atoms with Crippen LogP contribution in [0.15, 0.2) is 36.4 Å². The zero-order valence-corrected chi connectivity index (χ0v) is 10.9. The zero-order chi connectivity index (χ0) is 14.3. The standard InChI is InChI=1S/C16H13FO3/c1-9-12-7-11(18)3-5-16(12)20-8-13(9)10-2-4-14(17)15(19)6-10/h2-7,18-19H,8H2,1H3. The maximum absolute atomic E-state index is 13.1. The number of halogens is 1. The first-order valence-electron chi connectivity index (χ1n) is 6.21. The van der Waals surface area contributed by atoms with Crippen LogP contribution in [0.4, 0.5) is 4.39 Å². The second-order valence-corrected chi connectivity index (χ2v) is 4.74. The van der Waals surface area contributed by atoms with Gasteiger partial charge in [-0.05, 0) is 48.4 Å². The molecule has 2 aromatic carbocycles. The van der Waals surface area contributed by atoms with E-state index in [1.807, 2.05) is 6.92 Å². The molecule has 2 aromatic rings. The van der Waals surface area contributed by atoms with Crippen molar-refractivity contribution < 1.29 is 19.3 Å². The van der Waals surface area contributed by atoms with Crippen LogP contribution in [-0.2, 0) is 0 Å². The first-order valence-corrected chi connectivity index (χ1v) is 6.21. The van der Waals surface area contributed by atoms with Gasteiger partial charge in [-0.15, -0.1) is 0 Å². The molecule has 0 atom stereocenters. The van der Waals surface area contributed by atoms with Crippen LogP contribution < -0.4 is 4.74 Å². The van der Waals surface area contributed by atoms with E-state index in [0.717, 1.165) is 16.7 Å². The third-order valence-corrected chi connectivity index (χ3v) is 3.49. The van der Waals surface area contributed by atoms with Crippen molar-refractivity contribution in [2.45, 2.75) is 6.92 Å². The highest BCUT2D eigenvalue weighted by molar-refractivity contribution is 5.94. The molecule has 0 fully saturated rings. The molecule has 3 rings (SSSR count). The van der Waals surface area contributed by atoms with Crippen molar-refractivity contribution in [2.24, 2.45) is 0 Å². The van der Waals surface area contributed by atoms with Crippen LogP contribution in [0.1, 0.15) is 18.1 Å². The van der Waals surface area contributed by atoms with Crippen LogP contribution in [0.25, 0.3) is 11.1 Å². The van der Waals surface area contributed by atoms with Crippen LogP contribution in [0.3, 0.4) is 0 Å². The van der Waals surface area contributed by atoms with Gasteiger partial charge in [0.1, 0.15) is 18.1 Å². The highest BCUT2D eigenvalue weighted by Gasteiger charge is 2.19. The van der Waals surface area contributed by atoms with Crippen LogP contribution >= 0.6 is 0 Å². The minimum atomic E-state index is -0.651. The maximum Gasteiger partial charge on any atom is 0.164 e.